The van der Waals surface area contributed by atoms with E-state index in [2.05, 4.69) is 20.5 Å². The van der Waals surface area contributed by atoms with Gasteiger partial charge in [0, 0.05) is 55.5 Å². The molecule has 1 aromatic heterocycles. The van der Waals surface area contributed by atoms with Gasteiger partial charge in [-0.25, -0.2) is 4.98 Å². The van der Waals surface area contributed by atoms with Crippen molar-refractivity contribution in [2.75, 3.05) is 30.8 Å². The van der Waals surface area contributed by atoms with Gasteiger partial charge >= 0.3 is 0 Å². The summed E-state index contributed by atoms with van der Waals surface area (Å²) in [6, 6.07) is 7.32. The normalized spacial score (nSPS) is 14.4. The van der Waals surface area contributed by atoms with E-state index in [1.165, 1.54) is 18.3 Å². The van der Waals surface area contributed by atoms with Gasteiger partial charge in [-0.2, -0.15) is 0 Å². The Hall–Kier alpha value is -2.71. The largest absolute Gasteiger partial charge is 0.497 e. The molecule has 2 amide bonds. The molecule has 0 spiro atoms. The summed E-state index contributed by atoms with van der Waals surface area (Å²) in [7, 11) is 1.60. The van der Waals surface area contributed by atoms with E-state index in [4.69, 9.17) is 4.74 Å². The molecule has 28 heavy (non-hydrogen) atoms. The van der Waals surface area contributed by atoms with Crippen LogP contribution in [0.3, 0.4) is 0 Å². The number of piperidine rings is 1. The van der Waals surface area contributed by atoms with Gasteiger partial charge in [-0.3, -0.25) is 14.5 Å². The number of benzene rings is 1. The molecule has 0 radical (unpaired) electrons. The molecule has 7 nitrogen and oxygen atoms in total. The molecule has 0 saturated carbocycles. The van der Waals surface area contributed by atoms with Gasteiger partial charge in [-0.1, -0.05) is 11.6 Å². The second kappa shape index (κ2) is 9.48. The zero-order valence-electron chi connectivity index (χ0n) is 16.0. The lowest BCUT2D eigenvalue weighted by molar-refractivity contribution is -0.114. The number of thiazole rings is 1. The lowest BCUT2D eigenvalue weighted by Gasteiger charge is -2.27. The van der Waals surface area contributed by atoms with Crippen molar-refractivity contribution in [1.82, 2.24) is 9.88 Å². The second-order valence-electron chi connectivity index (χ2n) is 6.61. The van der Waals surface area contributed by atoms with Crippen LogP contribution < -0.4 is 15.4 Å². The number of rotatable bonds is 6. The van der Waals surface area contributed by atoms with Crippen molar-refractivity contribution < 1.29 is 14.3 Å². The summed E-state index contributed by atoms with van der Waals surface area (Å²) >= 11 is 1.50. The first-order valence-corrected chi connectivity index (χ1v) is 9.92. The van der Waals surface area contributed by atoms with Crippen molar-refractivity contribution in [3.63, 3.8) is 0 Å². The molecule has 2 N–H and O–H groups in total. The summed E-state index contributed by atoms with van der Waals surface area (Å²) in [6.45, 7) is 4.07. The lowest BCUT2D eigenvalue weighted by Crippen LogP contribution is -2.30. The molecule has 8 heteroatoms. The van der Waals surface area contributed by atoms with Crippen LogP contribution in [0.4, 0.5) is 10.8 Å². The molecular formula is C20H24N4O3S. The number of carbonyl (C=O) groups excluding carboxylic acids is 2. The van der Waals surface area contributed by atoms with Crippen LogP contribution in [0, 0.1) is 0 Å². The molecule has 0 bridgehead atoms. The Morgan fingerprint density at radius 3 is 2.79 bits per heavy atom. The third-order valence-corrected chi connectivity index (χ3v) is 5.28. The Balaban J connectivity index is 1.48. The third kappa shape index (κ3) is 5.90. The predicted molar refractivity (Wildman–Crippen MR) is 111 cm³/mol. The van der Waals surface area contributed by atoms with Crippen LogP contribution in [0.1, 0.15) is 24.6 Å². The molecule has 0 unspecified atom stereocenters. The maximum absolute atomic E-state index is 12.3. The van der Waals surface area contributed by atoms with E-state index in [0.29, 0.717) is 10.9 Å². The predicted octanol–water partition coefficient (Wildman–Crippen LogP) is 3.27. The van der Waals surface area contributed by atoms with Gasteiger partial charge in [0.25, 0.3) is 0 Å². The topological polar surface area (TPSA) is 83.6 Å². The standard InChI is InChI=1S/C20H24N4O3S/c1-14(25)22-20-21-12-18(28-20)13-24-8-6-15(7-9-24)10-19(26)23-16-4-3-5-17(11-16)27-2/h3-5,10-12H,6-9,13H2,1-2H3,(H,23,26)(H,21,22,25). The van der Waals surface area contributed by atoms with E-state index in [-0.39, 0.29) is 11.8 Å². The van der Waals surface area contributed by atoms with Gasteiger partial charge < -0.3 is 15.4 Å². The van der Waals surface area contributed by atoms with E-state index >= 15 is 0 Å². The minimum atomic E-state index is -0.112. The van der Waals surface area contributed by atoms with Crippen molar-refractivity contribution in [3.8, 4) is 5.75 Å². The Labute approximate surface area is 168 Å². The molecule has 0 aliphatic carbocycles. The number of anilines is 2. The van der Waals surface area contributed by atoms with Gasteiger partial charge in [-0.15, -0.1) is 11.3 Å². The molecule has 1 aliphatic rings. The third-order valence-electron chi connectivity index (χ3n) is 4.39. The van der Waals surface area contributed by atoms with Crippen molar-refractivity contribution in [1.29, 1.82) is 0 Å². The highest BCUT2D eigenvalue weighted by atomic mass is 32.1. The number of nitrogens with zero attached hydrogens (tertiary/aromatic N) is 2. The van der Waals surface area contributed by atoms with E-state index in [9.17, 15) is 9.59 Å². The minimum Gasteiger partial charge on any atom is -0.497 e. The number of ether oxygens (including phenoxy) is 1. The zero-order valence-corrected chi connectivity index (χ0v) is 16.8. The van der Waals surface area contributed by atoms with Crippen LogP contribution >= 0.6 is 11.3 Å². The van der Waals surface area contributed by atoms with Crippen LogP contribution in [0.2, 0.25) is 0 Å². The van der Waals surface area contributed by atoms with Gasteiger partial charge in [0.05, 0.1) is 7.11 Å². The number of methoxy groups -OCH3 is 1. The lowest BCUT2D eigenvalue weighted by atomic mass is 10.0. The summed E-state index contributed by atoms with van der Waals surface area (Å²) in [6.07, 6.45) is 5.24. The molecular weight excluding hydrogens is 376 g/mol. The number of likely N-dealkylation sites (tertiary alicyclic amines) is 1. The van der Waals surface area contributed by atoms with Gasteiger partial charge in [0.1, 0.15) is 5.75 Å². The summed E-state index contributed by atoms with van der Waals surface area (Å²) in [5.74, 6) is 0.489. The second-order valence-corrected chi connectivity index (χ2v) is 7.73. The number of hydrogen-bond acceptors (Lipinski definition) is 6. The quantitative estimate of drug-likeness (QED) is 0.727. The van der Waals surface area contributed by atoms with Crippen LogP contribution in [0.25, 0.3) is 0 Å². The van der Waals surface area contributed by atoms with Gasteiger partial charge in [0.15, 0.2) is 5.13 Å². The van der Waals surface area contributed by atoms with Gasteiger partial charge in [-0.05, 0) is 25.0 Å². The Morgan fingerprint density at radius 1 is 1.29 bits per heavy atom. The van der Waals surface area contributed by atoms with E-state index < -0.39 is 0 Å². The monoisotopic (exact) mass is 400 g/mol. The fraction of sp³-hybridized carbons (Fsp3) is 0.350. The molecule has 2 heterocycles. The number of carbonyl (C=O) groups is 2. The van der Waals surface area contributed by atoms with Crippen LogP contribution in [0.5, 0.6) is 5.75 Å². The smallest absolute Gasteiger partial charge is 0.248 e. The van der Waals surface area contributed by atoms with Crippen molar-refractivity contribution in [2.45, 2.75) is 26.3 Å². The summed E-state index contributed by atoms with van der Waals surface area (Å²) in [5, 5.41) is 6.22. The zero-order chi connectivity index (χ0) is 19.9. The van der Waals surface area contributed by atoms with Crippen LogP contribution in [-0.2, 0) is 16.1 Å². The number of hydrogen-bond donors (Lipinski definition) is 2. The van der Waals surface area contributed by atoms with E-state index in [0.717, 1.165) is 48.6 Å². The number of aromatic nitrogens is 1. The maximum atomic E-state index is 12.3. The summed E-state index contributed by atoms with van der Waals surface area (Å²) in [4.78, 5) is 31.0. The fourth-order valence-electron chi connectivity index (χ4n) is 3.02. The van der Waals surface area contributed by atoms with E-state index in [1.54, 1.807) is 19.3 Å². The summed E-state index contributed by atoms with van der Waals surface area (Å²) in [5.41, 5.74) is 1.87. The average molecular weight is 401 g/mol. The molecule has 2 aromatic rings. The summed E-state index contributed by atoms with van der Waals surface area (Å²) < 4.78 is 5.17. The van der Waals surface area contributed by atoms with Crippen LogP contribution in [-0.4, -0.2) is 41.9 Å². The van der Waals surface area contributed by atoms with Gasteiger partial charge in [0.2, 0.25) is 11.8 Å². The van der Waals surface area contributed by atoms with Crippen molar-refractivity contribution in [3.05, 3.63) is 47.0 Å². The molecule has 1 aromatic carbocycles. The number of nitrogens with one attached hydrogen (secondary N) is 2. The number of amides is 2. The Bertz CT molecular complexity index is 868. The first-order chi connectivity index (χ1) is 13.5. The SMILES string of the molecule is COc1cccc(NC(=O)C=C2CCN(Cc3cnc(NC(C)=O)s3)CC2)c1. The molecule has 1 aliphatic heterocycles. The minimum absolute atomic E-state index is 0.110. The molecule has 148 valence electrons. The fourth-order valence-corrected chi connectivity index (χ4v) is 3.92. The molecule has 0 atom stereocenters. The highest BCUT2D eigenvalue weighted by Crippen LogP contribution is 2.23. The molecule has 1 fully saturated rings. The van der Waals surface area contributed by atoms with E-state index in [1.807, 2.05) is 24.4 Å². The van der Waals surface area contributed by atoms with Crippen LogP contribution in [0.15, 0.2) is 42.1 Å². The Kier molecular flexibility index (Phi) is 6.78. The average Bonchev–Trinajstić information content (AvgIpc) is 3.09. The molecule has 3 rings (SSSR count). The van der Waals surface area contributed by atoms with Crippen molar-refractivity contribution >= 4 is 34.0 Å². The maximum Gasteiger partial charge on any atom is 0.248 e. The van der Waals surface area contributed by atoms with Crippen molar-refractivity contribution in [2.24, 2.45) is 0 Å². The molecule has 1 saturated heterocycles. The first kappa shape index (κ1) is 20.0. The first-order valence-electron chi connectivity index (χ1n) is 9.11. The highest BCUT2D eigenvalue weighted by molar-refractivity contribution is 7.15. The Morgan fingerprint density at radius 2 is 2.07 bits per heavy atom. The highest BCUT2D eigenvalue weighted by Gasteiger charge is 2.16.